The quantitative estimate of drug-likeness (QED) is 0.782. The van der Waals surface area contributed by atoms with E-state index < -0.39 is 0 Å². The van der Waals surface area contributed by atoms with Crippen LogP contribution in [0.2, 0.25) is 5.02 Å². The Morgan fingerprint density at radius 3 is 2.38 bits per heavy atom. The van der Waals surface area contributed by atoms with Crippen LogP contribution in [-0.2, 0) is 0 Å². The van der Waals surface area contributed by atoms with E-state index in [0.717, 1.165) is 23.1 Å². The topological polar surface area (TPSA) is 30.5 Å². The van der Waals surface area contributed by atoms with Crippen molar-refractivity contribution in [3.8, 4) is 11.5 Å². The molecule has 1 atom stereocenters. The number of methoxy groups -OCH3 is 1. The van der Waals surface area contributed by atoms with Crippen LogP contribution in [0.5, 0.6) is 11.5 Å². The second kappa shape index (κ2) is 7.91. The van der Waals surface area contributed by atoms with Gasteiger partial charge in [-0.3, -0.25) is 0 Å². The third-order valence-corrected chi connectivity index (χ3v) is 3.50. The molecule has 1 N–H and O–H groups in total. The Hall–Kier alpha value is -1.71. The fourth-order valence-corrected chi connectivity index (χ4v) is 2.17. The lowest BCUT2D eigenvalue weighted by Crippen LogP contribution is -2.24. The molecule has 1 unspecified atom stereocenters. The van der Waals surface area contributed by atoms with E-state index in [1.807, 2.05) is 48.5 Å². The van der Waals surface area contributed by atoms with Gasteiger partial charge in [-0.1, -0.05) is 35.9 Å². The normalized spacial score (nSPS) is 12.0. The fraction of sp³-hybridized carbons (Fsp3) is 0.294. The van der Waals surface area contributed by atoms with Crippen molar-refractivity contribution in [3.05, 3.63) is 59.1 Å². The average Bonchev–Trinajstić information content (AvgIpc) is 2.52. The third-order valence-electron chi connectivity index (χ3n) is 3.25. The average molecular weight is 306 g/mol. The Bertz CT molecular complexity index is 557. The van der Waals surface area contributed by atoms with Crippen LogP contribution in [0.1, 0.15) is 18.5 Å². The molecule has 0 aliphatic heterocycles. The second-order valence-corrected chi connectivity index (χ2v) is 5.16. The standard InChI is InChI=1S/C17H20ClNO2/c1-13(14-7-9-15(18)10-8-14)19-11-12-21-17-6-4-3-5-16(17)20-2/h3-10,13,19H,11-12H2,1-2H3. The summed E-state index contributed by atoms with van der Waals surface area (Å²) in [7, 11) is 1.64. The van der Waals surface area contributed by atoms with E-state index in [2.05, 4.69) is 12.2 Å². The summed E-state index contributed by atoms with van der Waals surface area (Å²) in [5.41, 5.74) is 1.21. The van der Waals surface area contributed by atoms with E-state index in [1.54, 1.807) is 7.11 Å². The molecule has 0 bridgehead atoms. The SMILES string of the molecule is COc1ccccc1OCCNC(C)c1ccc(Cl)cc1. The number of hydrogen-bond acceptors (Lipinski definition) is 3. The molecule has 0 fully saturated rings. The van der Waals surface area contributed by atoms with Crippen molar-refractivity contribution in [2.75, 3.05) is 20.3 Å². The molecule has 0 amide bonds. The van der Waals surface area contributed by atoms with E-state index in [4.69, 9.17) is 21.1 Å². The van der Waals surface area contributed by atoms with E-state index in [0.29, 0.717) is 6.61 Å². The Morgan fingerprint density at radius 2 is 1.71 bits per heavy atom. The van der Waals surface area contributed by atoms with E-state index in [1.165, 1.54) is 5.56 Å². The van der Waals surface area contributed by atoms with Gasteiger partial charge in [-0.05, 0) is 36.8 Å². The third kappa shape index (κ3) is 4.66. The molecule has 0 aliphatic rings. The van der Waals surface area contributed by atoms with Crippen molar-refractivity contribution in [2.45, 2.75) is 13.0 Å². The number of halogens is 1. The van der Waals surface area contributed by atoms with Gasteiger partial charge in [0.15, 0.2) is 11.5 Å². The van der Waals surface area contributed by atoms with Crippen LogP contribution in [0, 0.1) is 0 Å². The lowest BCUT2D eigenvalue weighted by Gasteiger charge is -2.15. The first-order valence-corrected chi connectivity index (χ1v) is 7.33. The largest absolute Gasteiger partial charge is 0.493 e. The number of rotatable bonds is 7. The Morgan fingerprint density at radius 1 is 1.05 bits per heavy atom. The molecule has 2 aromatic rings. The first-order valence-electron chi connectivity index (χ1n) is 6.95. The summed E-state index contributed by atoms with van der Waals surface area (Å²) in [5.74, 6) is 1.52. The van der Waals surface area contributed by atoms with Crippen molar-refractivity contribution in [3.63, 3.8) is 0 Å². The summed E-state index contributed by atoms with van der Waals surface area (Å²) in [4.78, 5) is 0. The maximum atomic E-state index is 5.89. The smallest absolute Gasteiger partial charge is 0.161 e. The predicted octanol–water partition coefficient (Wildman–Crippen LogP) is 4.08. The fourth-order valence-electron chi connectivity index (χ4n) is 2.04. The first kappa shape index (κ1) is 15.7. The first-order chi connectivity index (χ1) is 10.2. The molecule has 112 valence electrons. The molecule has 4 heteroatoms. The van der Waals surface area contributed by atoms with Crippen molar-refractivity contribution in [1.29, 1.82) is 0 Å². The van der Waals surface area contributed by atoms with Gasteiger partial charge in [-0.2, -0.15) is 0 Å². The lowest BCUT2D eigenvalue weighted by molar-refractivity contribution is 0.288. The van der Waals surface area contributed by atoms with E-state index in [9.17, 15) is 0 Å². The van der Waals surface area contributed by atoms with Gasteiger partial charge in [0.2, 0.25) is 0 Å². The molecule has 0 heterocycles. The Labute approximate surface area is 130 Å². The highest BCUT2D eigenvalue weighted by molar-refractivity contribution is 6.30. The molecule has 2 rings (SSSR count). The highest BCUT2D eigenvalue weighted by Gasteiger charge is 2.05. The van der Waals surface area contributed by atoms with Gasteiger partial charge in [-0.25, -0.2) is 0 Å². The maximum absolute atomic E-state index is 5.89. The molecule has 0 radical (unpaired) electrons. The van der Waals surface area contributed by atoms with Gasteiger partial charge in [0, 0.05) is 17.6 Å². The van der Waals surface area contributed by atoms with Gasteiger partial charge in [-0.15, -0.1) is 0 Å². The number of benzene rings is 2. The van der Waals surface area contributed by atoms with Gasteiger partial charge in [0.05, 0.1) is 7.11 Å². The summed E-state index contributed by atoms with van der Waals surface area (Å²) in [6, 6.07) is 15.8. The van der Waals surface area contributed by atoms with Gasteiger partial charge >= 0.3 is 0 Å². The summed E-state index contributed by atoms with van der Waals surface area (Å²) >= 11 is 5.89. The van der Waals surface area contributed by atoms with Crippen LogP contribution in [-0.4, -0.2) is 20.3 Å². The monoisotopic (exact) mass is 305 g/mol. The molecule has 2 aromatic carbocycles. The van der Waals surface area contributed by atoms with Crippen LogP contribution < -0.4 is 14.8 Å². The zero-order valence-electron chi connectivity index (χ0n) is 12.3. The second-order valence-electron chi connectivity index (χ2n) is 4.73. The molecular formula is C17H20ClNO2. The van der Waals surface area contributed by atoms with Crippen LogP contribution in [0.25, 0.3) is 0 Å². The van der Waals surface area contributed by atoms with Crippen LogP contribution >= 0.6 is 11.6 Å². The highest BCUT2D eigenvalue weighted by Crippen LogP contribution is 2.25. The summed E-state index contributed by atoms with van der Waals surface area (Å²) in [5, 5.41) is 4.17. The number of para-hydroxylation sites is 2. The minimum Gasteiger partial charge on any atom is -0.493 e. The van der Waals surface area contributed by atoms with Crippen molar-refractivity contribution in [1.82, 2.24) is 5.32 Å². The zero-order valence-corrected chi connectivity index (χ0v) is 13.1. The summed E-state index contributed by atoms with van der Waals surface area (Å²) in [6.07, 6.45) is 0. The molecule has 0 aromatic heterocycles. The molecule has 3 nitrogen and oxygen atoms in total. The Balaban J connectivity index is 1.78. The lowest BCUT2D eigenvalue weighted by atomic mass is 10.1. The molecule has 0 saturated heterocycles. The highest BCUT2D eigenvalue weighted by atomic mass is 35.5. The Kier molecular flexibility index (Phi) is 5.90. The van der Waals surface area contributed by atoms with Gasteiger partial charge in [0.25, 0.3) is 0 Å². The van der Waals surface area contributed by atoms with Crippen molar-refractivity contribution < 1.29 is 9.47 Å². The molecule has 0 aliphatic carbocycles. The van der Waals surface area contributed by atoms with Gasteiger partial charge < -0.3 is 14.8 Å². The minimum atomic E-state index is 0.253. The minimum absolute atomic E-state index is 0.253. The maximum Gasteiger partial charge on any atom is 0.161 e. The number of nitrogens with one attached hydrogen (secondary N) is 1. The summed E-state index contributed by atoms with van der Waals surface area (Å²) in [6.45, 7) is 3.45. The zero-order chi connectivity index (χ0) is 15.1. The van der Waals surface area contributed by atoms with E-state index >= 15 is 0 Å². The van der Waals surface area contributed by atoms with Gasteiger partial charge in [0.1, 0.15) is 6.61 Å². The van der Waals surface area contributed by atoms with E-state index in [-0.39, 0.29) is 6.04 Å². The summed E-state index contributed by atoms with van der Waals surface area (Å²) < 4.78 is 11.0. The number of ether oxygens (including phenoxy) is 2. The molecule has 0 saturated carbocycles. The molecular weight excluding hydrogens is 286 g/mol. The van der Waals surface area contributed by atoms with Crippen molar-refractivity contribution >= 4 is 11.6 Å². The van der Waals surface area contributed by atoms with Crippen LogP contribution in [0.3, 0.4) is 0 Å². The predicted molar refractivity (Wildman–Crippen MR) is 86.4 cm³/mol. The number of hydrogen-bond donors (Lipinski definition) is 1. The van der Waals surface area contributed by atoms with Crippen molar-refractivity contribution in [2.24, 2.45) is 0 Å². The van der Waals surface area contributed by atoms with Crippen LogP contribution in [0.15, 0.2) is 48.5 Å². The van der Waals surface area contributed by atoms with Crippen LogP contribution in [0.4, 0.5) is 0 Å². The molecule has 0 spiro atoms. The molecule has 21 heavy (non-hydrogen) atoms.